The van der Waals surface area contributed by atoms with Gasteiger partial charge in [-0.2, -0.15) is 36.4 Å². The van der Waals surface area contributed by atoms with Gasteiger partial charge in [0.2, 0.25) is 5.95 Å². The summed E-state index contributed by atoms with van der Waals surface area (Å²) < 4.78 is 77.5. The number of anilines is 1. The van der Waals surface area contributed by atoms with E-state index < -0.39 is 29.6 Å². The minimum absolute atomic E-state index is 0.0624. The minimum Gasteiger partial charge on any atom is -0.368 e. The van der Waals surface area contributed by atoms with Crippen LogP contribution in [0.1, 0.15) is 29.6 Å². The summed E-state index contributed by atoms with van der Waals surface area (Å²) in [6, 6.07) is -0.0624. The molecule has 0 bridgehead atoms. The van der Waals surface area contributed by atoms with Crippen LogP contribution < -0.4 is 5.73 Å². The quantitative estimate of drug-likeness (QED) is 0.854. The second-order valence-corrected chi connectivity index (χ2v) is 4.65. The van der Waals surface area contributed by atoms with Crippen molar-refractivity contribution in [1.82, 2.24) is 19.7 Å². The molecule has 2 aromatic rings. The summed E-state index contributed by atoms with van der Waals surface area (Å²) in [5, 5.41) is 3.03. The molecule has 23 heavy (non-hydrogen) atoms. The lowest BCUT2D eigenvalue weighted by atomic mass is 10.1. The van der Waals surface area contributed by atoms with Crippen LogP contribution in [0.5, 0.6) is 0 Å². The van der Waals surface area contributed by atoms with Crippen LogP contribution in [0.2, 0.25) is 0 Å². The molecule has 0 fully saturated rings. The first kappa shape index (κ1) is 17.0. The number of hydrogen-bond donors (Lipinski definition) is 1. The number of rotatable bonds is 2. The van der Waals surface area contributed by atoms with Gasteiger partial charge in [0.25, 0.3) is 0 Å². The molecular formula is C12H11F6N5. The molecule has 0 saturated carbocycles. The predicted molar refractivity (Wildman–Crippen MR) is 67.7 cm³/mol. The summed E-state index contributed by atoms with van der Waals surface area (Å²) in [5.41, 5.74) is 2.65. The van der Waals surface area contributed by atoms with Gasteiger partial charge in [0.1, 0.15) is 0 Å². The van der Waals surface area contributed by atoms with E-state index in [4.69, 9.17) is 5.73 Å². The fourth-order valence-electron chi connectivity index (χ4n) is 2.07. The highest BCUT2D eigenvalue weighted by Crippen LogP contribution is 2.36. The molecule has 2 N–H and O–H groups in total. The first-order valence-electron chi connectivity index (χ1n) is 6.33. The summed E-state index contributed by atoms with van der Waals surface area (Å²) in [7, 11) is 0. The topological polar surface area (TPSA) is 69.6 Å². The molecule has 126 valence electrons. The van der Waals surface area contributed by atoms with Gasteiger partial charge in [-0.1, -0.05) is 6.92 Å². The highest BCUT2D eigenvalue weighted by Gasteiger charge is 2.42. The second kappa shape index (κ2) is 5.39. The lowest BCUT2D eigenvalue weighted by Gasteiger charge is -2.14. The SMILES string of the molecule is CCc1c(C)nc(N)nc1-n1nc(C(F)(F)F)cc1C(F)(F)F. The molecule has 11 heteroatoms. The number of aryl methyl sites for hydroxylation is 1. The molecule has 2 rings (SSSR count). The Kier molecular flexibility index (Phi) is 3.99. The molecule has 0 aliphatic heterocycles. The molecule has 5 nitrogen and oxygen atoms in total. The van der Waals surface area contributed by atoms with Gasteiger partial charge in [-0.3, -0.25) is 0 Å². The molecule has 0 aliphatic rings. The maximum absolute atomic E-state index is 13.1. The largest absolute Gasteiger partial charge is 0.435 e. The summed E-state index contributed by atoms with van der Waals surface area (Å²) in [4.78, 5) is 7.44. The Morgan fingerprint density at radius 2 is 1.70 bits per heavy atom. The minimum atomic E-state index is -5.05. The predicted octanol–water partition coefficient (Wildman–Crippen LogP) is 3.15. The van der Waals surface area contributed by atoms with Crippen molar-refractivity contribution in [3.63, 3.8) is 0 Å². The average molecular weight is 339 g/mol. The highest BCUT2D eigenvalue weighted by molar-refractivity contribution is 5.42. The molecule has 0 aromatic carbocycles. The third-order valence-electron chi connectivity index (χ3n) is 3.05. The Balaban J connectivity index is 2.80. The third-order valence-corrected chi connectivity index (χ3v) is 3.05. The standard InChI is InChI=1S/C12H11F6N5/c1-3-6-5(2)20-10(19)21-9(6)23-8(12(16,17)18)4-7(22-23)11(13,14)15/h4H,3H2,1-2H3,(H2,19,20,21). The first-order chi connectivity index (χ1) is 10.4. The Hall–Kier alpha value is -2.33. The fraction of sp³-hybridized carbons (Fsp3) is 0.417. The van der Waals surface area contributed by atoms with Gasteiger partial charge in [0.15, 0.2) is 17.2 Å². The lowest BCUT2D eigenvalue weighted by Crippen LogP contribution is -2.17. The Morgan fingerprint density at radius 3 is 2.17 bits per heavy atom. The summed E-state index contributed by atoms with van der Waals surface area (Å²) >= 11 is 0. The van der Waals surface area contributed by atoms with Gasteiger partial charge in [0.05, 0.1) is 0 Å². The van der Waals surface area contributed by atoms with Crippen LogP contribution in [0.3, 0.4) is 0 Å². The number of halogens is 6. The van der Waals surface area contributed by atoms with Crippen LogP contribution in [0, 0.1) is 6.92 Å². The lowest BCUT2D eigenvalue weighted by molar-refractivity contribution is -0.143. The maximum atomic E-state index is 13.1. The van der Waals surface area contributed by atoms with E-state index in [0.717, 1.165) is 0 Å². The van der Waals surface area contributed by atoms with E-state index in [1.165, 1.54) is 6.92 Å². The molecule has 0 aliphatic carbocycles. The maximum Gasteiger partial charge on any atom is 0.435 e. The molecule has 2 aromatic heterocycles. The zero-order valence-corrected chi connectivity index (χ0v) is 11.9. The van der Waals surface area contributed by atoms with E-state index in [-0.39, 0.29) is 34.4 Å². The van der Waals surface area contributed by atoms with Crippen molar-refractivity contribution in [3.8, 4) is 5.82 Å². The summed E-state index contributed by atoms with van der Waals surface area (Å²) in [6.07, 6.45) is -9.87. The van der Waals surface area contributed by atoms with Crippen molar-refractivity contribution >= 4 is 5.95 Å². The van der Waals surface area contributed by atoms with Gasteiger partial charge in [-0.25, -0.2) is 9.67 Å². The molecule has 0 spiro atoms. The van der Waals surface area contributed by atoms with Crippen LogP contribution in [0.25, 0.3) is 5.82 Å². The number of alkyl halides is 6. The molecule has 0 radical (unpaired) electrons. The van der Waals surface area contributed by atoms with Gasteiger partial charge in [0, 0.05) is 17.3 Å². The van der Waals surface area contributed by atoms with E-state index in [9.17, 15) is 26.3 Å². The van der Waals surface area contributed by atoms with E-state index >= 15 is 0 Å². The molecular weight excluding hydrogens is 328 g/mol. The van der Waals surface area contributed by atoms with Crippen LogP contribution >= 0.6 is 0 Å². The molecule has 2 heterocycles. The molecule has 0 amide bonds. The zero-order chi connectivity index (χ0) is 17.6. The smallest absolute Gasteiger partial charge is 0.368 e. The molecule has 0 atom stereocenters. The highest BCUT2D eigenvalue weighted by atomic mass is 19.4. The van der Waals surface area contributed by atoms with Crippen molar-refractivity contribution in [2.45, 2.75) is 32.6 Å². The number of aromatic nitrogens is 4. The third kappa shape index (κ3) is 3.22. The molecule has 0 saturated heterocycles. The van der Waals surface area contributed by atoms with Crippen molar-refractivity contribution in [3.05, 3.63) is 28.7 Å². The van der Waals surface area contributed by atoms with Gasteiger partial charge in [-0.05, 0) is 13.3 Å². The van der Waals surface area contributed by atoms with E-state index in [1.807, 2.05) is 0 Å². The number of nitrogen functional groups attached to an aromatic ring is 1. The Bertz CT molecular complexity index is 731. The average Bonchev–Trinajstić information content (AvgIpc) is 2.82. The van der Waals surface area contributed by atoms with Gasteiger partial charge in [-0.15, -0.1) is 0 Å². The van der Waals surface area contributed by atoms with Crippen molar-refractivity contribution in [2.24, 2.45) is 0 Å². The zero-order valence-electron chi connectivity index (χ0n) is 11.9. The second-order valence-electron chi connectivity index (χ2n) is 4.65. The van der Waals surface area contributed by atoms with Crippen molar-refractivity contribution in [1.29, 1.82) is 0 Å². The van der Waals surface area contributed by atoms with Crippen molar-refractivity contribution in [2.75, 3.05) is 5.73 Å². The Morgan fingerprint density at radius 1 is 1.09 bits per heavy atom. The van der Waals surface area contributed by atoms with E-state index in [2.05, 4.69) is 15.1 Å². The van der Waals surface area contributed by atoms with E-state index in [0.29, 0.717) is 0 Å². The van der Waals surface area contributed by atoms with Crippen molar-refractivity contribution < 1.29 is 26.3 Å². The van der Waals surface area contributed by atoms with Crippen LogP contribution in [-0.2, 0) is 18.8 Å². The number of nitrogens with two attached hydrogens (primary N) is 1. The van der Waals surface area contributed by atoms with Gasteiger partial charge < -0.3 is 5.73 Å². The molecule has 0 unspecified atom stereocenters. The monoisotopic (exact) mass is 339 g/mol. The van der Waals surface area contributed by atoms with Crippen LogP contribution in [0.15, 0.2) is 6.07 Å². The normalized spacial score (nSPS) is 12.7. The van der Waals surface area contributed by atoms with Crippen LogP contribution in [-0.4, -0.2) is 19.7 Å². The van der Waals surface area contributed by atoms with Crippen LogP contribution in [0.4, 0.5) is 32.3 Å². The Labute approximate surface area is 126 Å². The number of nitrogens with zero attached hydrogens (tertiary/aromatic N) is 4. The number of hydrogen-bond acceptors (Lipinski definition) is 4. The van der Waals surface area contributed by atoms with E-state index in [1.54, 1.807) is 6.92 Å². The summed E-state index contributed by atoms with van der Waals surface area (Å²) in [6.45, 7) is 3.08. The first-order valence-corrected chi connectivity index (χ1v) is 6.33. The van der Waals surface area contributed by atoms with Gasteiger partial charge >= 0.3 is 12.4 Å². The summed E-state index contributed by atoms with van der Waals surface area (Å²) in [5.74, 6) is -0.771. The fourth-order valence-corrected chi connectivity index (χ4v) is 2.07.